The monoisotopic (exact) mass is 380 g/mol. The molecule has 0 bridgehead atoms. The fourth-order valence-corrected chi connectivity index (χ4v) is 3.12. The molecular weight excluding hydrogens is 356 g/mol. The Kier molecular flexibility index (Phi) is 5.67. The molecule has 0 aliphatic heterocycles. The van der Waals surface area contributed by atoms with Gasteiger partial charge in [0.25, 0.3) is 5.78 Å². The Balaban J connectivity index is 1.70. The normalized spacial score (nSPS) is 10.9. The number of fused-ring (bicyclic) bond motifs is 1. The Morgan fingerprint density at radius 1 is 1.21 bits per heavy atom. The molecule has 28 heavy (non-hydrogen) atoms. The molecule has 0 aliphatic carbocycles. The van der Waals surface area contributed by atoms with Crippen LogP contribution in [0.5, 0.6) is 0 Å². The molecule has 8 nitrogen and oxygen atoms in total. The maximum Gasteiger partial charge on any atom is 0.252 e. The molecule has 2 heterocycles. The molecule has 0 atom stereocenters. The standard InChI is InChI=1S/C20H24N6O2/c1-13-17(14(2)26-20(23-13)21-12-22-26)9-10-19(28)24-18-8-6-5-7-16(18)11-25(4)15(3)27/h5-8,12H,9-11H2,1-4H3,(H,24,28). The minimum absolute atomic E-state index is 0.0249. The second-order valence-electron chi connectivity index (χ2n) is 6.81. The number of aromatic nitrogens is 4. The third-order valence-corrected chi connectivity index (χ3v) is 4.83. The summed E-state index contributed by atoms with van der Waals surface area (Å²) < 4.78 is 1.69. The van der Waals surface area contributed by atoms with Crippen molar-refractivity contribution in [2.75, 3.05) is 12.4 Å². The molecule has 0 aliphatic rings. The minimum atomic E-state index is -0.0876. The van der Waals surface area contributed by atoms with Gasteiger partial charge in [0.05, 0.1) is 0 Å². The van der Waals surface area contributed by atoms with Crippen LogP contribution in [0.4, 0.5) is 5.69 Å². The van der Waals surface area contributed by atoms with Crippen LogP contribution in [-0.4, -0.2) is 43.3 Å². The summed E-state index contributed by atoms with van der Waals surface area (Å²) in [5.74, 6) is 0.449. The highest BCUT2D eigenvalue weighted by atomic mass is 16.2. The highest BCUT2D eigenvalue weighted by molar-refractivity contribution is 5.91. The molecule has 1 N–H and O–H groups in total. The Bertz CT molecular complexity index is 1030. The van der Waals surface area contributed by atoms with Crippen molar-refractivity contribution in [2.45, 2.75) is 40.2 Å². The number of hydrogen-bond acceptors (Lipinski definition) is 5. The first kappa shape index (κ1) is 19.5. The van der Waals surface area contributed by atoms with Crippen LogP contribution >= 0.6 is 0 Å². The van der Waals surface area contributed by atoms with E-state index < -0.39 is 0 Å². The van der Waals surface area contributed by atoms with E-state index in [0.29, 0.717) is 25.2 Å². The number of anilines is 1. The summed E-state index contributed by atoms with van der Waals surface area (Å²) in [7, 11) is 1.74. The fourth-order valence-electron chi connectivity index (χ4n) is 3.12. The van der Waals surface area contributed by atoms with Gasteiger partial charge in [-0.2, -0.15) is 10.1 Å². The van der Waals surface area contributed by atoms with E-state index in [2.05, 4.69) is 20.4 Å². The molecule has 0 saturated heterocycles. The topological polar surface area (TPSA) is 92.5 Å². The van der Waals surface area contributed by atoms with Gasteiger partial charge >= 0.3 is 0 Å². The van der Waals surface area contributed by atoms with Gasteiger partial charge in [-0.1, -0.05) is 18.2 Å². The maximum atomic E-state index is 12.5. The number of benzene rings is 1. The van der Waals surface area contributed by atoms with Gasteiger partial charge in [-0.3, -0.25) is 9.59 Å². The zero-order valence-electron chi connectivity index (χ0n) is 16.6. The molecule has 0 fully saturated rings. The summed E-state index contributed by atoms with van der Waals surface area (Å²) in [6.45, 7) is 5.83. The lowest BCUT2D eigenvalue weighted by Crippen LogP contribution is -2.24. The molecular formula is C20H24N6O2. The number of nitrogens with one attached hydrogen (secondary N) is 1. The fraction of sp³-hybridized carbons (Fsp3) is 0.350. The number of carbonyl (C=O) groups is 2. The first-order valence-electron chi connectivity index (χ1n) is 9.12. The average Bonchev–Trinajstić information content (AvgIpc) is 3.11. The number of hydrogen-bond donors (Lipinski definition) is 1. The van der Waals surface area contributed by atoms with Crippen molar-refractivity contribution in [3.8, 4) is 0 Å². The molecule has 0 unspecified atom stereocenters. The predicted octanol–water partition coefficient (Wildman–Crippen LogP) is 2.29. The Labute approximate surface area is 163 Å². The summed E-state index contributed by atoms with van der Waals surface area (Å²) in [6, 6.07) is 7.51. The van der Waals surface area contributed by atoms with E-state index in [9.17, 15) is 9.59 Å². The lowest BCUT2D eigenvalue weighted by atomic mass is 10.1. The molecule has 3 aromatic rings. The van der Waals surface area contributed by atoms with Gasteiger partial charge in [0.1, 0.15) is 6.33 Å². The van der Waals surface area contributed by atoms with Crippen molar-refractivity contribution in [3.63, 3.8) is 0 Å². The number of carbonyl (C=O) groups excluding carboxylic acids is 2. The van der Waals surface area contributed by atoms with E-state index in [4.69, 9.17) is 0 Å². The summed E-state index contributed by atoms with van der Waals surface area (Å²) in [5, 5.41) is 7.14. The van der Waals surface area contributed by atoms with Crippen LogP contribution in [0.1, 0.15) is 35.9 Å². The van der Waals surface area contributed by atoms with Gasteiger partial charge in [-0.05, 0) is 37.5 Å². The number of para-hydroxylation sites is 1. The number of amides is 2. The van der Waals surface area contributed by atoms with E-state index >= 15 is 0 Å². The molecule has 146 valence electrons. The Morgan fingerprint density at radius 3 is 2.71 bits per heavy atom. The van der Waals surface area contributed by atoms with Gasteiger partial charge in [0, 0.05) is 44.0 Å². The van der Waals surface area contributed by atoms with Crippen molar-refractivity contribution >= 4 is 23.3 Å². The highest BCUT2D eigenvalue weighted by Gasteiger charge is 2.14. The molecule has 8 heteroatoms. The largest absolute Gasteiger partial charge is 0.342 e. The van der Waals surface area contributed by atoms with Gasteiger partial charge in [0.2, 0.25) is 11.8 Å². The first-order valence-corrected chi connectivity index (χ1v) is 9.12. The van der Waals surface area contributed by atoms with Crippen LogP contribution in [-0.2, 0) is 22.6 Å². The summed E-state index contributed by atoms with van der Waals surface area (Å²) in [4.78, 5) is 34.2. The SMILES string of the molecule is CC(=O)N(C)Cc1ccccc1NC(=O)CCc1c(C)nc2ncnn2c1C. The quantitative estimate of drug-likeness (QED) is 0.708. The van der Waals surface area contributed by atoms with Gasteiger partial charge < -0.3 is 10.2 Å². The highest BCUT2D eigenvalue weighted by Crippen LogP contribution is 2.19. The summed E-state index contributed by atoms with van der Waals surface area (Å²) in [6.07, 6.45) is 2.35. The second-order valence-corrected chi connectivity index (χ2v) is 6.81. The zero-order chi connectivity index (χ0) is 20.3. The Morgan fingerprint density at radius 2 is 1.96 bits per heavy atom. The van der Waals surface area contributed by atoms with Crippen molar-refractivity contribution in [3.05, 3.63) is 53.1 Å². The smallest absolute Gasteiger partial charge is 0.252 e. The molecule has 2 amide bonds. The van der Waals surface area contributed by atoms with Crippen molar-refractivity contribution < 1.29 is 9.59 Å². The van der Waals surface area contributed by atoms with Gasteiger partial charge in [-0.25, -0.2) is 9.50 Å². The molecule has 0 radical (unpaired) electrons. The maximum absolute atomic E-state index is 12.5. The van der Waals surface area contributed by atoms with E-state index in [1.165, 1.54) is 13.3 Å². The van der Waals surface area contributed by atoms with E-state index in [0.717, 1.165) is 28.2 Å². The lowest BCUT2D eigenvalue weighted by molar-refractivity contribution is -0.128. The first-order chi connectivity index (χ1) is 13.4. The molecule has 0 spiro atoms. The van der Waals surface area contributed by atoms with Crippen LogP contribution in [0.3, 0.4) is 0 Å². The van der Waals surface area contributed by atoms with E-state index in [1.54, 1.807) is 16.5 Å². The van der Waals surface area contributed by atoms with Crippen LogP contribution in [0.25, 0.3) is 5.78 Å². The van der Waals surface area contributed by atoms with Gasteiger partial charge in [-0.15, -0.1) is 0 Å². The third-order valence-electron chi connectivity index (χ3n) is 4.83. The molecule has 3 rings (SSSR count). The van der Waals surface area contributed by atoms with Crippen LogP contribution in [0, 0.1) is 13.8 Å². The second kappa shape index (κ2) is 8.16. The van der Waals surface area contributed by atoms with Crippen LogP contribution in [0.15, 0.2) is 30.6 Å². The van der Waals surface area contributed by atoms with Crippen LogP contribution < -0.4 is 5.32 Å². The Hall–Kier alpha value is -3.29. The zero-order valence-corrected chi connectivity index (χ0v) is 16.6. The minimum Gasteiger partial charge on any atom is -0.342 e. The number of nitrogens with zero attached hydrogens (tertiary/aromatic N) is 5. The molecule has 0 saturated carbocycles. The van der Waals surface area contributed by atoms with Crippen molar-refractivity contribution in [2.24, 2.45) is 0 Å². The lowest BCUT2D eigenvalue weighted by Gasteiger charge is -2.18. The average molecular weight is 380 g/mol. The van der Waals surface area contributed by atoms with Crippen molar-refractivity contribution in [1.82, 2.24) is 24.5 Å². The van der Waals surface area contributed by atoms with Crippen LogP contribution in [0.2, 0.25) is 0 Å². The number of rotatable bonds is 6. The third kappa shape index (κ3) is 4.16. The van der Waals surface area contributed by atoms with E-state index in [-0.39, 0.29) is 11.8 Å². The number of aryl methyl sites for hydroxylation is 2. The van der Waals surface area contributed by atoms with E-state index in [1.807, 2.05) is 38.1 Å². The predicted molar refractivity (Wildman–Crippen MR) is 106 cm³/mol. The summed E-state index contributed by atoms with van der Waals surface area (Å²) >= 11 is 0. The molecule has 1 aromatic carbocycles. The summed E-state index contributed by atoms with van der Waals surface area (Å²) in [5.41, 5.74) is 4.41. The molecule has 2 aromatic heterocycles. The van der Waals surface area contributed by atoms with Crippen molar-refractivity contribution in [1.29, 1.82) is 0 Å². The van der Waals surface area contributed by atoms with Gasteiger partial charge in [0.15, 0.2) is 0 Å².